The lowest BCUT2D eigenvalue weighted by molar-refractivity contribution is 0.119. The van der Waals surface area contributed by atoms with Crippen LogP contribution in [-0.2, 0) is 0 Å². The van der Waals surface area contributed by atoms with E-state index in [-0.39, 0.29) is 0 Å². The maximum Gasteiger partial charge on any atom is 0.0107 e. The zero-order valence-corrected chi connectivity index (χ0v) is 9.34. The highest BCUT2D eigenvalue weighted by Crippen LogP contribution is 2.18. The van der Waals surface area contributed by atoms with Gasteiger partial charge in [0.15, 0.2) is 0 Å². The van der Waals surface area contributed by atoms with E-state index in [9.17, 15) is 0 Å². The van der Waals surface area contributed by atoms with Crippen molar-refractivity contribution in [1.29, 1.82) is 0 Å². The quantitative estimate of drug-likeness (QED) is 0.696. The Morgan fingerprint density at radius 2 is 1.93 bits per heavy atom. The van der Waals surface area contributed by atoms with Gasteiger partial charge in [-0.15, -0.1) is 0 Å². The monoisotopic (exact) mass is 197 g/mol. The second kappa shape index (κ2) is 5.10. The first-order chi connectivity index (χ1) is 6.84. The first-order valence-corrected chi connectivity index (χ1v) is 5.96. The maximum absolute atomic E-state index is 3.39. The molecule has 0 aromatic heterocycles. The summed E-state index contributed by atoms with van der Waals surface area (Å²) in [5.41, 5.74) is 0. The van der Waals surface area contributed by atoms with E-state index < -0.39 is 0 Å². The summed E-state index contributed by atoms with van der Waals surface area (Å²) in [7, 11) is 2.22. The standard InChI is InChI=1S/C11H23N3/c1-13-9-11(10-13)3-2-6-14-7-4-12-5-8-14/h11-12H,2-10H2,1H3. The summed E-state index contributed by atoms with van der Waals surface area (Å²) in [4.78, 5) is 5.01. The van der Waals surface area contributed by atoms with Gasteiger partial charge in [0.05, 0.1) is 0 Å². The third-order valence-corrected chi connectivity index (χ3v) is 3.44. The summed E-state index contributed by atoms with van der Waals surface area (Å²) in [6.07, 6.45) is 2.84. The summed E-state index contributed by atoms with van der Waals surface area (Å²) >= 11 is 0. The van der Waals surface area contributed by atoms with Crippen molar-refractivity contribution >= 4 is 0 Å². The number of hydrogen-bond acceptors (Lipinski definition) is 3. The molecule has 3 nitrogen and oxygen atoms in total. The molecule has 0 aromatic rings. The molecule has 0 aliphatic carbocycles. The summed E-state index contributed by atoms with van der Waals surface area (Å²) in [5, 5.41) is 3.39. The molecule has 0 bridgehead atoms. The Hall–Kier alpha value is -0.120. The topological polar surface area (TPSA) is 18.5 Å². The molecule has 2 heterocycles. The van der Waals surface area contributed by atoms with Crippen LogP contribution in [-0.4, -0.2) is 62.7 Å². The van der Waals surface area contributed by atoms with Crippen LogP contribution in [0.2, 0.25) is 0 Å². The molecule has 2 aliphatic rings. The van der Waals surface area contributed by atoms with Crippen molar-refractivity contribution in [3.05, 3.63) is 0 Å². The van der Waals surface area contributed by atoms with Crippen molar-refractivity contribution in [3.8, 4) is 0 Å². The Labute approximate surface area is 87.4 Å². The number of piperazine rings is 1. The average Bonchev–Trinajstić information content (AvgIpc) is 2.17. The van der Waals surface area contributed by atoms with Crippen LogP contribution in [0.25, 0.3) is 0 Å². The molecule has 2 fully saturated rings. The van der Waals surface area contributed by atoms with Gasteiger partial charge in [0.2, 0.25) is 0 Å². The van der Waals surface area contributed by atoms with Crippen LogP contribution in [0.3, 0.4) is 0 Å². The molecule has 2 saturated heterocycles. The highest BCUT2D eigenvalue weighted by Gasteiger charge is 2.22. The third-order valence-electron chi connectivity index (χ3n) is 3.44. The van der Waals surface area contributed by atoms with Gasteiger partial charge in [-0.05, 0) is 32.4 Å². The summed E-state index contributed by atoms with van der Waals surface area (Å²) in [5.74, 6) is 1.00. The smallest absolute Gasteiger partial charge is 0.0107 e. The predicted molar refractivity (Wildman–Crippen MR) is 59.5 cm³/mol. The lowest BCUT2D eigenvalue weighted by Gasteiger charge is -2.37. The van der Waals surface area contributed by atoms with Gasteiger partial charge in [-0.3, -0.25) is 0 Å². The van der Waals surface area contributed by atoms with Gasteiger partial charge >= 0.3 is 0 Å². The number of hydrogen-bond donors (Lipinski definition) is 1. The van der Waals surface area contributed by atoms with E-state index in [0.29, 0.717) is 0 Å². The van der Waals surface area contributed by atoms with Gasteiger partial charge in [0.1, 0.15) is 0 Å². The minimum atomic E-state index is 1.00. The zero-order chi connectivity index (χ0) is 9.80. The highest BCUT2D eigenvalue weighted by molar-refractivity contribution is 4.77. The van der Waals surface area contributed by atoms with Gasteiger partial charge in [-0.25, -0.2) is 0 Å². The molecule has 2 rings (SSSR count). The van der Waals surface area contributed by atoms with Crippen molar-refractivity contribution in [2.75, 3.05) is 52.9 Å². The second-order valence-corrected chi connectivity index (χ2v) is 4.82. The Balaban J connectivity index is 1.50. The fourth-order valence-electron chi connectivity index (χ4n) is 2.55. The largest absolute Gasteiger partial charge is 0.314 e. The molecule has 0 aromatic carbocycles. The van der Waals surface area contributed by atoms with Crippen LogP contribution in [0.15, 0.2) is 0 Å². The molecule has 3 heteroatoms. The molecular formula is C11H23N3. The number of likely N-dealkylation sites (tertiary alicyclic amines) is 1. The summed E-state index contributed by atoms with van der Waals surface area (Å²) in [6.45, 7) is 8.87. The van der Waals surface area contributed by atoms with Crippen LogP contribution < -0.4 is 5.32 Å². The molecule has 1 N–H and O–H groups in total. The van der Waals surface area contributed by atoms with E-state index in [1.54, 1.807) is 0 Å². The van der Waals surface area contributed by atoms with E-state index in [1.165, 1.54) is 58.7 Å². The SMILES string of the molecule is CN1CC(CCCN2CCNCC2)C1. The average molecular weight is 197 g/mol. The molecule has 14 heavy (non-hydrogen) atoms. The molecule has 0 spiro atoms. The first-order valence-electron chi connectivity index (χ1n) is 5.96. The van der Waals surface area contributed by atoms with Gasteiger partial charge in [-0.2, -0.15) is 0 Å². The minimum absolute atomic E-state index is 1.00. The Morgan fingerprint density at radius 1 is 1.21 bits per heavy atom. The van der Waals surface area contributed by atoms with Gasteiger partial charge < -0.3 is 15.1 Å². The fraction of sp³-hybridized carbons (Fsp3) is 1.00. The molecule has 0 unspecified atom stereocenters. The van der Waals surface area contributed by atoms with Crippen LogP contribution in [0.4, 0.5) is 0 Å². The predicted octanol–water partition coefficient (Wildman–Crippen LogP) is 0.233. The lowest BCUT2D eigenvalue weighted by atomic mass is 9.95. The Bertz CT molecular complexity index is 160. The van der Waals surface area contributed by atoms with Crippen LogP contribution in [0.1, 0.15) is 12.8 Å². The number of nitrogens with one attached hydrogen (secondary N) is 1. The minimum Gasteiger partial charge on any atom is -0.314 e. The summed E-state index contributed by atoms with van der Waals surface area (Å²) < 4.78 is 0. The van der Waals surface area contributed by atoms with Crippen LogP contribution in [0, 0.1) is 5.92 Å². The molecule has 2 aliphatic heterocycles. The molecule has 0 amide bonds. The van der Waals surface area contributed by atoms with E-state index in [1.807, 2.05) is 0 Å². The molecule has 0 radical (unpaired) electrons. The van der Waals surface area contributed by atoms with Crippen molar-refractivity contribution in [2.24, 2.45) is 5.92 Å². The molecular weight excluding hydrogens is 174 g/mol. The van der Waals surface area contributed by atoms with Crippen molar-refractivity contribution < 1.29 is 0 Å². The second-order valence-electron chi connectivity index (χ2n) is 4.82. The van der Waals surface area contributed by atoms with Crippen molar-refractivity contribution in [1.82, 2.24) is 15.1 Å². The fourth-order valence-corrected chi connectivity index (χ4v) is 2.55. The third kappa shape index (κ3) is 2.94. The van der Waals surface area contributed by atoms with Crippen LogP contribution >= 0.6 is 0 Å². The van der Waals surface area contributed by atoms with E-state index in [2.05, 4.69) is 22.2 Å². The van der Waals surface area contributed by atoms with E-state index in [4.69, 9.17) is 0 Å². The normalized spacial score (nSPS) is 26.4. The first kappa shape index (κ1) is 10.4. The number of rotatable bonds is 4. The highest BCUT2D eigenvalue weighted by atomic mass is 15.2. The van der Waals surface area contributed by atoms with E-state index in [0.717, 1.165) is 5.92 Å². The van der Waals surface area contributed by atoms with E-state index >= 15 is 0 Å². The van der Waals surface area contributed by atoms with Crippen molar-refractivity contribution in [3.63, 3.8) is 0 Å². The maximum atomic E-state index is 3.39. The zero-order valence-electron chi connectivity index (χ0n) is 9.34. The Morgan fingerprint density at radius 3 is 2.57 bits per heavy atom. The lowest BCUT2D eigenvalue weighted by Crippen LogP contribution is -2.45. The van der Waals surface area contributed by atoms with Crippen molar-refractivity contribution in [2.45, 2.75) is 12.8 Å². The summed E-state index contributed by atoms with van der Waals surface area (Å²) in [6, 6.07) is 0. The van der Waals surface area contributed by atoms with Gasteiger partial charge in [-0.1, -0.05) is 0 Å². The van der Waals surface area contributed by atoms with Gasteiger partial charge in [0.25, 0.3) is 0 Å². The Kier molecular flexibility index (Phi) is 3.79. The molecule has 82 valence electrons. The molecule has 0 atom stereocenters. The molecule has 0 saturated carbocycles. The van der Waals surface area contributed by atoms with Gasteiger partial charge in [0, 0.05) is 39.3 Å². The van der Waals surface area contributed by atoms with Crippen LogP contribution in [0.5, 0.6) is 0 Å². The number of nitrogens with zero attached hydrogens (tertiary/aromatic N) is 2.